The number of thiophene rings is 1. The van der Waals surface area contributed by atoms with E-state index in [1.807, 2.05) is 19.1 Å². The summed E-state index contributed by atoms with van der Waals surface area (Å²) >= 11 is 1.14. The summed E-state index contributed by atoms with van der Waals surface area (Å²) in [6, 6.07) is 3.82. The van der Waals surface area contributed by atoms with Crippen molar-refractivity contribution in [3.63, 3.8) is 0 Å². The van der Waals surface area contributed by atoms with Gasteiger partial charge in [-0.1, -0.05) is 13.3 Å². The van der Waals surface area contributed by atoms with E-state index in [9.17, 15) is 9.90 Å². The molecular weight excluding hydrogens is 262 g/mol. The zero-order valence-electron chi connectivity index (χ0n) is 10.5. The second-order valence-electron chi connectivity index (χ2n) is 3.72. The maximum atomic E-state index is 11.2. The van der Waals surface area contributed by atoms with Gasteiger partial charge in [-0.3, -0.25) is 0 Å². The first-order chi connectivity index (χ1) is 9.15. The van der Waals surface area contributed by atoms with Crippen LogP contribution in [0, 0.1) is 22.7 Å². The molecule has 5 nitrogen and oxygen atoms in total. The van der Waals surface area contributed by atoms with Gasteiger partial charge in [-0.15, -0.1) is 11.3 Å². The Balaban J connectivity index is 3.29. The fraction of sp³-hybridized carbons (Fsp3) is 0.308. The van der Waals surface area contributed by atoms with Crippen LogP contribution >= 0.6 is 11.3 Å². The van der Waals surface area contributed by atoms with Gasteiger partial charge in [-0.2, -0.15) is 10.5 Å². The third-order valence-electron chi connectivity index (χ3n) is 2.41. The molecule has 0 atom stereocenters. The highest BCUT2D eigenvalue weighted by molar-refractivity contribution is 7.12. The molecule has 0 saturated heterocycles. The summed E-state index contributed by atoms with van der Waals surface area (Å²) in [4.78, 5) is 12.9. The molecule has 0 radical (unpaired) electrons. The topological polar surface area (TPSA) is 88.1 Å². The smallest absolute Gasteiger partial charge is 0.348 e. The Kier molecular flexibility index (Phi) is 5.59. The molecule has 0 bridgehead atoms. The van der Waals surface area contributed by atoms with E-state index in [0.717, 1.165) is 29.7 Å². The fourth-order valence-electron chi connectivity index (χ4n) is 1.71. The normalized spacial score (nSPS) is 10.1. The number of nitrogens with zero attached hydrogens (tertiary/aromatic N) is 3. The van der Waals surface area contributed by atoms with Crippen molar-refractivity contribution in [2.75, 3.05) is 11.4 Å². The summed E-state index contributed by atoms with van der Waals surface area (Å²) in [7, 11) is 0. The highest BCUT2D eigenvalue weighted by Gasteiger charge is 2.21. The number of nitriles is 2. The van der Waals surface area contributed by atoms with Crippen molar-refractivity contribution in [2.24, 2.45) is 0 Å². The zero-order valence-corrected chi connectivity index (χ0v) is 11.3. The number of hydrogen-bond acceptors (Lipinski definition) is 5. The molecule has 1 N–H and O–H groups in total. The maximum Gasteiger partial charge on any atom is 0.348 e. The Labute approximate surface area is 115 Å². The number of anilines is 1. The summed E-state index contributed by atoms with van der Waals surface area (Å²) in [5, 5.41) is 28.4. The summed E-state index contributed by atoms with van der Waals surface area (Å²) < 4.78 is 0. The number of allylic oxidation sites excluding steroid dienone is 1. The van der Waals surface area contributed by atoms with Crippen molar-refractivity contribution in [3.05, 3.63) is 28.1 Å². The SMILES string of the molecule is CCCc1csc(C(=O)O)c1N(C=CC#N)CC#N. The summed E-state index contributed by atoms with van der Waals surface area (Å²) in [6.45, 7) is 2.01. The molecule has 19 heavy (non-hydrogen) atoms. The first-order valence-electron chi connectivity index (χ1n) is 5.69. The summed E-state index contributed by atoms with van der Waals surface area (Å²) in [6.07, 6.45) is 4.29. The lowest BCUT2D eigenvalue weighted by Gasteiger charge is -2.18. The molecule has 0 aliphatic heterocycles. The van der Waals surface area contributed by atoms with Crippen LogP contribution in [0.15, 0.2) is 17.7 Å². The highest BCUT2D eigenvalue weighted by atomic mass is 32.1. The van der Waals surface area contributed by atoms with Crippen LogP contribution in [0.3, 0.4) is 0 Å². The van der Waals surface area contributed by atoms with Gasteiger partial charge in [0.15, 0.2) is 0 Å². The molecule has 6 heteroatoms. The van der Waals surface area contributed by atoms with Crippen LogP contribution in [0.25, 0.3) is 0 Å². The molecule has 0 saturated carbocycles. The number of rotatable bonds is 6. The third-order valence-corrected chi connectivity index (χ3v) is 3.42. The molecule has 0 aliphatic carbocycles. The van der Waals surface area contributed by atoms with E-state index in [1.165, 1.54) is 17.2 Å². The van der Waals surface area contributed by atoms with Crippen molar-refractivity contribution < 1.29 is 9.90 Å². The van der Waals surface area contributed by atoms with Crippen LogP contribution in [-0.2, 0) is 6.42 Å². The largest absolute Gasteiger partial charge is 0.477 e. The Hall–Kier alpha value is -2.31. The lowest BCUT2D eigenvalue weighted by atomic mass is 10.1. The molecule has 1 aromatic rings. The van der Waals surface area contributed by atoms with Crippen molar-refractivity contribution in [1.29, 1.82) is 10.5 Å². The van der Waals surface area contributed by atoms with Crippen molar-refractivity contribution >= 4 is 23.0 Å². The average molecular weight is 275 g/mol. The lowest BCUT2D eigenvalue weighted by Crippen LogP contribution is -2.19. The Morgan fingerprint density at radius 2 is 2.32 bits per heavy atom. The van der Waals surface area contributed by atoms with E-state index in [0.29, 0.717) is 5.69 Å². The Morgan fingerprint density at radius 1 is 1.58 bits per heavy atom. The minimum Gasteiger partial charge on any atom is -0.477 e. The summed E-state index contributed by atoms with van der Waals surface area (Å²) in [5.41, 5.74) is 1.41. The van der Waals surface area contributed by atoms with Gasteiger partial charge >= 0.3 is 5.97 Å². The monoisotopic (exact) mass is 275 g/mol. The van der Waals surface area contributed by atoms with Crippen LogP contribution in [0.1, 0.15) is 28.6 Å². The standard InChI is InChI=1S/C13H13N3O2S/c1-2-4-10-9-19-12(13(17)18)11(10)16(8-6-15)7-3-5-14/h3,7,9H,2,4,8H2,1H3,(H,17,18). The van der Waals surface area contributed by atoms with E-state index in [-0.39, 0.29) is 11.4 Å². The first kappa shape index (κ1) is 14.7. The predicted octanol–water partition coefficient (Wildman–Crippen LogP) is 2.77. The second kappa shape index (κ2) is 7.20. The van der Waals surface area contributed by atoms with Crippen LogP contribution in [0.2, 0.25) is 0 Å². The van der Waals surface area contributed by atoms with E-state index in [1.54, 1.807) is 5.38 Å². The van der Waals surface area contributed by atoms with Gasteiger partial charge < -0.3 is 10.0 Å². The van der Waals surface area contributed by atoms with Crippen molar-refractivity contribution in [3.8, 4) is 12.1 Å². The predicted molar refractivity (Wildman–Crippen MR) is 73.0 cm³/mol. The number of aromatic carboxylic acids is 1. The second-order valence-corrected chi connectivity index (χ2v) is 4.60. The van der Waals surface area contributed by atoms with Crippen LogP contribution < -0.4 is 4.90 Å². The van der Waals surface area contributed by atoms with Gasteiger partial charge in [0.2, 0.25) is 0 Å². The molecule has 0 spiro atoms. The van der Waals surface area contributed by atoms with Crippen molar-refractivity contribution in [2.45, 2.75) is 19.8 Å². The van der Waals surface area contributed by atoms with Gasteiger partial charge in [0.05, 0.1) is 17.8 Å². The molecule has 1 rings (SSSR count). The molecule has 0 amide bonds. The first-order valence-corrected chi connectivity index (χ1v) is 6.57. The minimum absolute atomic E-state index is 0.00586. The van der Waals surface area contributed by atoms with Gasteiger partial charge in [-0.25, -0.2) is 4.79 Å². The summed E-state index contributed by atoms with van der Waals surface area (Å²) in [5.74, 6) is -1.02. The number of carboxylic acid groups (broad SMARTS) is 1. The molecule has 0 aliphatic rings. The van der Waals surface area contributed by atoms with Gasteiger partial charge in [0, 0.05) is 12.3 Å². The van der Waals surface area contributed by atoms with Crippen molar-refractivity contribution in [1.82, 2.24) is 0 Å². The molecule has 98 valence electrons. The zero-order chi connectivity index (χ0) is 14.3. The molecule has 1 heterocycles. The van der Waals surface area contributed by atoms with Crippen LogP contribution in [0.5, 0.6) is 0 Å². The Morgan fingerprint density at radius 3 is 2.84 bits per heavy atom. The van der Waals surface area contributed by atoms with E-state index in [2.05, 4.69) is 0 Å². The number of carboxylic acids is 1. The van der Waals surface area contributed by atoms with E-state index in [4.69, 9.17) is 10.5 Å². The molecular formula is C13H13N3O2S. The van der Waals surface area contributed by atoms with E-state index < -0.39 is 5.97 Å². The quantitative estimate of drug-likeness (QED) is 0.637. The Bertz CT molecular complexity index is 563. The van der Waals surface area contributed by atoms with Gasteiger partial charge in [0.25, 0.3) is 0 Å². The third kappa shape index (κ3) is 3.57. The fourth-order valence-corrected chi connectivity index (χ4v) is 2.66. The highest BCUT2D eigenvalue weighted by Crippen LogP contribution is 2.33. The van der Waals surface area contributed by atoms with Gasteiger partial charge in [0.1, 0.15) is 11.4 Å². The van der Waals surface area contributed by atoms with Crippen LogP contribution in [0.4, 0.5) is 5.69 Å². The van der Waals surface area contributed by atoms with E-state index >= 15 is 0 Å². The molecule has 0 fully saturated rings. The lowest BCUT2D eigenvalue weighted by molar-refractivity contribution is 0.0703. The number of hydrogen-bond donors (Lipinski definition) is 1. The minimum atomic E-state index is -1.02. The number of aryl methyl sites for hydroxylation is 1. The molecule has 1 aromatic heterocycles. The molecule has 0 unspecified atom stereocenters. The average Bonchev–Trinajstić information content (AvgIpc) is 2.79. The number of carbonyl (C=O) groups is 1. The molecule has 0 aromatic carbocycles. The maximum absolute atomic E-state index is 11.2. The van der Waals surface area contributed by atoms with Gasteiger partial charge in [-0.05, 0) is 17.4 Å². The van der Waals surface area contributed by atoms with Crippen LogP contribution in [-0.4, -0.2) is 17.6 Å².